The Balaban J connectivity index is 1.53. The number of rotatable bonds is 3. The summed E-state index contributed by atoms with van der Waals surface area (Å²) in [7, 11) is 2.11. The van der Waals surface area contributed by atoms with Gasteiger partial charge in [-0.15, -0.1) is 0 Å². The second-order valence-electron chi connectivity index (χ2n) is 6.43. The molecular formula is C15H23NO. The minimum absolute atomic E-state index is 0.522. The van der Waals surface area contributed by atoms with Gasteiger partial charge in [-0.25, -0.2) is 0 Å². The standard InChI is InChI=1S/C15H23NO/c1-16-15(11-4-2-3-7-17-11)14-12-9-5-6-10(8-9)13(12)14/h4,9-10,12-16H,2-3,5-8H2,1H3. The molecule has 4 rings (SSSR count). The molecule has 0 amide bonds. The third-order valence-corrected chi connectivity index (χ3v) is 5.76. The van der Waals surface area contributed by atoms with Gasteiger partial charge in [0.15, 0.2) is 0 Å². The van der Waals surface area contributed by atoms with Crippen LogP contribution in [0.3, 0.4) is 0 Å². The maximum atomic E-state index is 5.89. The lowest BCUT2D eigenvalue weighted by Crippen LogP contribution is -2.34. The van der Waals surface area contributed by atoms with Gasteiger partial charge in [-0.05, 0) is 74.8 Å². The summed E-state index contributed by atoms with van der Waals surface area (Å²) in [5.41, 5.74) is 0. The van der Waals surface area contributed by atoms with E-state index < -0.39 is 0 Å². The van der Waals surface area contributed by atoms with E-state index in [0.29, 0.717) is 6.04 Å². The summed E-state index contributed by atoms with van der Waals surface area (Å²) in [5, 5.41) is 3.54. The molecule has 3 aliphatic carbocycles. The zero-order valence-electron chi connectivity index (χ0n) is 10.7. The van der Waals surface area contributed by atoms with Gasteiger partial charge in [0.1, 0.15) is 5.76 Å². The molecule has 1 aliphatic heterocycles. The van der Waals surface area contributed by atoms with Crippen molar-refractivity contribution in [1.82, 2.24) is 5.32 Å². The van der Waals surface area contributed by atoms with Crippen LogP contribution < -0.4 is 5.32 Å². The molecule has 3 saturated carbocycles. The molecule has 17 heavy (non-hydrogen) atoms. The molecule has 1 heterocycles. The van der Waals surface area contributed by atoms with Crippen molar-refractivity contribution in [2.45, 2.75) is 38.1 Å². The van der Waals surface area contributed by atoms with Crippen molar-refractivity contribution < 1.29 is 4.74 Å². The Morgan fingerprint density at radius 2 is 2.06 bits per heavy atom. The van der Waals surface area contributed by atoms with Gasteiger partial charge < -0.3 is 10.1 Å². The fraction of sp³-hybridized carbons (Fsp3) is 0.867. The summed E-state index contributed by atoms with van der Waals surface area (Å²) in [6.07, 6.45) is 9.31. The van der Waals surface area contributed by atoms with E-state index in [9.17, 15) is 0 Å². The molecule has 0 aromatic heterocycles. The molecule has 4 aliphatic rings. The first-order valence-electron chi connectivity index (χ1n) is 7.40. The molecule has 2 heteroatoms. The Bertz CT molecular complexity index is 335. The van der Waals surface area contributed by atoms with Crippen LogP contribution in [0.25, 0.3) is 0 Å². The lowest BCUT2D eigenvalue weighted by Gasteiger charge is -2.25. The monoisotopic (exact) mass is 233 g/mol. The molecule has 94 valence electrons. The molecular weight excluding hydrogens is 210 g/mol. The average Bonchev–Trinajstić information content (AvgIpc) is 2.81. The van der Waals surface area contributed by atoms with Crippen LogP contribution in [0.2, 0.25) is 0 Å². The maximum Gasteiger partial charge on any atom is 0.109 e. The number of nitrogens with one attached hydrogen (secondary N) is 1. The number of fused-ring (bicyclic) bond motifs is 5. The molecule has 0 saturated heterocycles. The number of ether oxygens (including phenoxy) is 1. The molecule has 5 unspecified atom stereocenters. The average molecular weight is 233 g/mol. The van der Waals surface area contributed by atoms with Gasteiger partial charge in [0.2, 0.25) is 0 Å². The van der Waals surface area contributed by atoms with E-state index in [1.165, 1.54) is 31.4 Å². The van der Waals surface area contributed by atoms with Crippen molar-refractivity contribution >= 4 is 0 Å². The molecule has 0 aromatic carbocycles. The Kier molecular flexibility index (Phi) is 2.30. The molecule has 0 radical (unpaired) electrons. The van der Waals surface area contributed by atoms with Crippen LogP contribution in [-0.4, -0.2) is 19.7 Å². The Morgan fingerprint density at radius 1 is 1.29 bits per heavy atom. The van der Waals surface area contributed by atoms with Crippen molar-refractivity contribution in [2.24, 2.45) is 29.6 Å². The minimum Gasteiger partial charge on any atom is -0.497 e. The van der Waals surface area contributed by atoms with E-state index in [-0.39, 0.29) is 0 Å². The van der Waals surface area contributed by atoms with E-state index in [4.69, 9.17) is 4.74 Å². The zero-order valence-corrected chi connectivity index (χ0v) is 10.7. The fourth-order valence-electron chi connectivity index (χ4n) is 5.16. The van der Waals surface area contributed by atoms with Crippen molar-refractivity contribution in [2.75, 3.05) is 13.7 Å². The molecule has 5 atom stereocenters. The van der Waals surface area contributed by atoms with Crippen LogP contribution in [0.1, 0.15) is 32.1 Å². The fourth-order valence-corrected chi connectivity index (χ4v) is 5.16. The third-order valence-electron chi connectivity index (χ3n) is 5.76. The van der Waals surface area contributed by atoms with E-state index in [0.717, 1.165) is 36.2 Å². The smallest absolute Gasteiger partial charge is 0.109 e. The molecule has 0 spiro atoms. The van der Waals surface area contributed by atoms with Crippen LogP contribution >= 0.6 is 0 Å². The number of hydrogen-bond donors (Lipinski definition) is 1. The third kappa shape index (κ3) is 1.43. The van der Waals surface area contributed by atoms with Gasteiger partial charge in [-0.3, -0.25) is 0 Å². The van der Waals surface area contributed by atoms with E-state index in [1.54, 1.807) is 6.42 Å². The summed E-state index contributed by atoms with van der Waals surface area (Å²) < 4.78 is 5.89. The van der Waals surface area contributed by atoms with Crippen molar-refractivity contribution in [3.63, 3.8) is 0 Å². The number of allylic oxidation sites excluding steroid dienone is 1. The first-order chi connectivity index (χ1) is 8.40. The van der Waals surface area contributed by atoms with Crippen LogP contribution in [0.5, 0.6) is 0 Å². The van der Waals surface area contributed by atoms with Gasteiger partial charge in [0.25, 0.3) is 0 Å². The van der Waals surface area contributed by atoms with Gasteiger partial charge >= 0.3 is 0 Å². The van der Waals surface area contributed by atoms with E-state index >= 15 is 0 Å². The van der Waals surface area contributed by atoms with E-state index in [1.807, 2.05) is 0 Å². The quantitative estimate of drug-likeness (QED) is 0.809. The van der Waals surface area contributed by atoms with Crippen LogP contribution in [0.4, 0.5) is 0 Å². The van der Waals surface area contributed by atoms with Gasteiger partial charge in [0.05, 0.1) is 12.6 Å². The topological polar surface area (TPSA) is 21.3 Å². The van der Waals surface area contributed by atoms with Crippen LogP contribution in [0, 0.1) is 29.6 Å². The van der Waals surface area contributed by atoms with Crippen LogP contribution in [0.15, 0.2) is 11.8 Å². The second-order valence-corrected chi connectivity index (χ2v) is 6.43. The van der Waals surface area contributed by atoms with E-state index in [2.05, 4.69) is 18.4 Å². The Hall–Kier alpha value is -0.500. The number of likely N-dealkylation sites (N-methyl/N-ethyl adjacent to an activating group) is 1. The Morgan fingerprint density at radius 3 is 2.65 bits per heavy atom. The highest BCUT2D eigenvalue weighted by molar-refractivity contribution is 5.21. The highest BCUT2D eigenvalue weighted by atomic mass is 16.5. The molecule has 1 N–H and O–H groups in total. The lowest BCUT2D eigenvalue weighted by atomic mass is 9.95. The highest BCUT2D eigenvalue weighted by Crippen LogP contribution is 2.70. The number of hydrogen-bond acceptors (Lipinski definition) is 2. The first-order valence-corrected chi connectivity index (χ1v) is 7.40. The lowest BCUT2D eigenvalue weighted by molar-refractivity contribution is 0.158. The molecule has 2 bridgehead atoms. The highest BCUT2D eigenvalue weighted by Gasteiger charge is 2.67. The second kappa shape index (κ2) is 3.74. The zero-order chi connectivity index (χ0) is 11.4. The summed E-state index contributed by atoms with van der Waals surface area (Å²) in [6, 6.07) is 0.522. The molecule has 0 aromatic rings. The summed E-state index contributed by atoms with van der Waals surface area (Å²) in [6.45, 7) is 0.929. The largest absolute Gasteiger partial charge is 0.497 e. The van der Waals surface area contributed by atoms with Gasteiger partial charge in [-0.1, -0.05) is 0 Å². The van der Waals surface area contributed by atoms with Gasteiger partial charge in [0, 0.05) is 0 Å². The van der Waals surface area contributed by atoms with Crippen molar-refractivity contribution in [3.05, 3.63) is 11.8 Å². The SMILES string of the molecule is CNC(C1=CCCCO1)C1C2C3CCC(C3)C21. The first kappa shape index (κ1) is 10.4. The Labute approximate surface area is 104 Å². The normalized spacial score (nSPS) is 48.3. The predicted molar refractivity (Wildman–Crippen MR) is 67.4 cm³/mol. The summed E-state index contributed by atoms with van der Waals surface area (Å²) >= 11 is 0. The summed E-state index contributed by atoms with van der Waals surface area (Å²) in [4.78, 5) is 0. The maximum absolute atomic E-state index is 5.89. The predicted octanol–water partition coefficient (Wildman–Crippen LogP) is 2.56. The summed E-state index contributed by atoms with van der Waals surface area (Å²) in [5.74, 6) is 6.37. The van der Waals surface area contributed by atoms with Crippen LogP contribution in [-0.2, 0) is 4.74 Å². The molecule has 2 nitrogen and oxygen atoms in total. The van der Waals surface area contributed by atoms with Crippen molar-refractivity contribution in [3.8, 4) is 0 Å². The van der Waals surface area contributed by atoms with Gasteiger partial charge in [-0.2, -0.15) is 0 Å². The molecule has 3 fully saturated rings. The van der Waals surface area contributed by atoms with Crippen molar-refractivity contribution in [1.29, 1.82) is 0 Å². The minimum atomic E-state index is 0.522.